The molecule has 0 aliphatic carbocycles. The number of hydrogen-bond donors (Lipinski definition) is 1. The fourth-order valence-corrected chi connectivity index (χ4v) is 2.05. The van der Waals surface area contributed by atoms with Gasteiger partial charge in [0.2, 0.25) is 0 Å². The highest BCUT2D eigenvalue weighted by Crippen LogP contribution is 2.27. The molecule has 70 valence electrons. The molecule has 0 unspecified atom stereocenters. The van der Waals surface area contributed by atoms with E-state index in [2.05, 4.69) is 0 Å². The first-order valence-corrected chi connectivity index (χ1v) is 4.70. The normalized spacial score (nSPS) is 10.4. The molecule has 13 heavy (non-hydrogen) atoms. The van der Waals surface area contributed by atoms with Crippen molar-refractivity contribution in [1.82, 2.24) is 0 Å². The quantitative estimate of drug-likeness (QED) is 0.758. The van der Waals surface area contributed by atoms with Crippen LogP contribution in [0, 0.1) is 0 Å². The molecule has 0 amide bonds. The van der Waals surface area contributed by atoms with Gasteiger partial charge in [0, 0.05) is 0 Å². The third-order valence-electron chi connectivity index (χ3n) is 1.71. The van der Waals surface area contributed by atoms with Crippen LogP contribution in [-0.4, -0.2) is 17.4 Å². The zero-order chi connectivity index (χ0) is 10.0. The predicted molar refractivity (Wildman–Crippen MR) is 50.8 cm³/mol. The fourth-order valence-electron chi connectivity index (χ4n) is 1.08. The van der Waals surface area contributed by atoms with Gasteiger partial charge in [0.05, 0.1) is 4.88 Å². The maximum atomic E-state index is 10.7. The summed E-state index contributed by atoms with van der Waals surface area (Å²) in [5.74, 6) is -0.821. The Hall–Kier alpha value is -1.16. The third-order valence-corrected chi connectivity index (χ3v) is 2.78. The van der Waals surface area contributed by atoms with Gasteiger partial charge < -0.3 is 5.11 Å². The minimum atomic E-state index is -0.957. The zero-order valence-electron chi connectivity index (χ0n) is 7.40. The number of thiophene rings is 1. The molecule has 1 aromatic heterocycles. The van der Waals surface area contributed by atoms with E-state index in [0.29, 0.717) is 11.2 Å². The van der Waals surface area contributed by atoms with Gasteiger partial charge >= 0.3 is 5.97 Å². The first-order chi connectivity index (χ1) is 6.06. The van der Waals surface area contributed by atoms with Gasteiger partial charge in [-0.05, 0) is 17.5 Å². The molecular weight excluding hydrogens is 188 g/mol. The average Bonchev–Trinajstić information content (AvgIpc) is 2.47. The molecule has 1 heterocycles. The second kappa shape index (κ2) is 3.70. The number of carbonyl (C=O) groups is 2. The number of carboxylic acids is 1. The Morgan fingerprint density at radius 1 is 1.62 bits per heavy atom. The molecule has 0 bridgehead atoms. The summed E-state index contributed by atoms with van der Waals surface area (Å²) in [6, 6.07) is 1.64. The lowest BCUT2D eigenvalue weighted by atomic mass is 10.0. The van der Waals surface area contributed by atoms with Crippen molar-refractivity contribution in [2.45, 2.75) is 19.8 Å². The van der Waals surface area contributed by atoms with Crippen LogP contribution in [-0.2, 0) is 0 Å². The minimum Gasteiger partial charge on any atom is -0.477 e. The molecule has 1 rings (SSSR count). The second-order valence-corrected chi connectivity index (χ2v) is 4.09. The van der Waals surface area contributed by atoms with Crippen molar-refractivity contribution in [1.29, 1.82) is 0 Å². The van der Waals surface area contributed by atoms with E-state index < -0.39 is 5.97 Å². The zero-order valence-corrected chi connectivity index (χ0v) is 8.22. The lowest BCUT2D eigenvalue weighted by molar-refractivity contribution is 0.0700. The van der Waals surface area contributed by atoms with Crippen LogP contribution in [0.2, 0.25) is 0 Å². The summed E-state index contributed by atoms with van der Waals surface area (Å²) in [6.07, 6.45) is 0.684. The Kier molecular flexibility index (Phi) is 2.83. The Bertz CT molecular complexity index is 339. The van der Waals surface area contributed by atoms with Gasteiger partial charge in [-0.15, -0.1) is 11.3 Å². The molecule has 0 saturated heterocycles. The number of aromatic carboxylic acids is 1. The topological polar surface area (TPSA) is 54.4 Å². The number of hydrogen-bond acceptors (Lipinski definition) is 3. The van der Waals surface area contributed by atoms with E-state index in [1.54, 1.807) is 6.07 Å². The van der Waals surface area contributed by atoms with Crippen molar-refractivity contribution < 1.29 is 14.7 Å². The molecule has 0 atom stereocenters. The standard InChI is InChI=1S/C9H10O3S/c1-5(2)7-3-6(4-10)13-8(7)9(11)12/h3-5H,1-2H3,(H,11,12). The molecule has 3 nitrogen and oxygen atoms in total. The van der Waals surface area contributed by atoms with Gasteiger partial charge in [0.1, 0.15) is 4.88 Å². The van der Waals surface area contributed by atoms with E-state index in [1.165, 1.54) is 0 Å². The van der Waals surface area contributed by atoms with Crippen molar-refractivity contribution in [2.75, 3.05) is 0 Å². The van der Waals surface area contributed by atoms with E-state index in [4.69, 9.17) is 5.11 Å². The summed E-state index contributed by atoms with van der Waals surface area (Å²) in [5, 5.41) is 8.82. The van der Waals surface area contributed by atoms with Crippen LogP contribution >= 0.6 is 11.3 Å². The van der Waals surface area contributed by atoms with Crippen LogP contribution in [0.3, 0.4) is 0 Å². The maximum absolute atomic E-state index is 10.7. The number of aldehydes is 1. The van der Waals surface area contributed by atoms with Gasteiger partial charge in [0.15, 0.2) is 6.29 Å². The third kappa shape index (κ3) is 1.95. The van der Waals surface area contributed by atoms with Gasteiger partial charge in [-0.1, -0.05) is 13.8 Å². The van der Waals surface area contributed by atoms with Crippen LogP contribution in [0.1, 0.15) is 44.7 Å². The summed E-state index contributed by atoms with van der Waals surface area (Å²) in [4.78, 5) is 21.9. The Morgan fingerprint density at radius 3 is 2.54 bits per heavy atom. The number of carbonyl (C=O) groups excluding carboxylic acids is 1. The van der Waals surface area contributed by atoms with Crippen molar-refractivity contribution in [3.8, 4) is 0 Å². The van der Waals surface area contributed by atoms with Crippen LogP contribution in [0.5, 0.6) is 0 Å². The van der Waals surface area contributed by atoms with Crippen LogP contribution in [0.4, 0.5) is 0 Å². The highest BCUT2D eigenvalue weighted by molar-refractivity contribution is 7.15. The first kappa shape index (κ1) is 9.92. The molecule has 0 fully saturated rings. The van der Waals surface area contributed by atoms with Crippen LogP contribution in [0.25, 0.3) is 0 Å². The second-order valence-electron chi connectivity index (χ2n) is 3.01. The summed E-state index contributed by atoms with van der Waals surface area (Å²) in [5.41, 5.74) is 0.736. The summed E-state index contributed by atoms with van der Waals surface area (Å²) in [6.45, 7) is 3.81. The van der Waals surface area contributed by atoms with Gasteiger partial charge in [-0.2, -0.15) is 0 Å². The van der Waals surface area contributed by atoms with Crippen LogP contribution in [0.15, 0.2) is 6.07 Å². The van der Waals surface area contributed by atoms with Crippen molar-refractivity contribution >= 4 is 23.6 Å². The van der Waals surface area contributed by atoms with Crippen molar-refractivity contribution in [3.63, 3.8) is 0 Å². The molecular formula is C9H10O3S. The lowest BCUT2D eigenvalue weighted by Crippen LogP contribution is -1.98. The van der Waals surface area contributed by atoms with Gasteiger partial charge in [-0.25, -0.2) is 4.79 Å². The molecule has 1 aromatic rings. The van der Waals surface area contributed by atoms with Crippen molar-refractivity contribution in [2.24, 2.45) is 0 Å². The largest absolute Gasteiger partial charge is 0.477 e. The van der Waals surface area contributed by atoms with E-state index in [1.807, 2.05) is 13.8 Å². The van der Waals surface area contributed by atoms with E-state index in [0.717, 1.165) is 16.9 Å². The van der Waals surface area contributed by atoms with Gasteiger partial charge in [-0.3, -0.25) is 4.79 Å². The lowest BCUT2D eigenvalue weighted by Gasteiger charge is -2.01. The Morgan fingerprint density at radius 2 is 2.23 bits per heavy atom. The molecule has 0 saturated carbocycles. The Balaban J connectivity index is 3.22. The smallest absolute Gasteiger partial charge is 0.346 e. The molecule has 1 N–H and O–H groups in total. The predicted octanol–water partition coefficient (Wildman–Crippen LogP) is 2.38. The Labute approximate surface area is 80.0 Å². The average molecular weight is 198 g/mol. The highest BCUT2D eigenvalue weighted by atomic mass is 32.1. The molecule has 0 aromatic carbocycles. The number of carboxylic acid groups (broad SMARTS) is 1. The van der Waals surface area contributed by atoms with Crippen LogP contribution < -0.4 is 0 Å². The molecule has 0 radical (unpaired) electrons. The summed E-state index contributed by atoms with van der Waals surface area (Å²) in [7, 11) is 0. The first-order valence-electron chi connectivity index (χ1n) is 3.88. The molecule has 0 spiro atoms. The highest BCUT2D eigenvalue weighted by Gasteiger charge is 2.16. The maximum Gasteiger partial charge on any atom is 0.346 e. The van der Waals surface area contributed by atoms with Crippen molar-refractivity contribution in [3.05, 3.63) is 21.4 Å². The molecule has 4 heteroatoms. The summed E-state index contributed by atoms with van der Waals surface area (Å²) < 4.78 is 0. The van der Waals surface area contributed by atoms with E-state index >= 15 is 0 Å². The minimum absolute atomic E-state index is 0.135. The summed E-state index contributed by atoms with van der Waals surface area (Å²) >= 11 is 1.03. The van der Waals surface area contributed by atoms with Gasteiger partial charge in [0.25, 0.3) is 0 Å². The SMILES string of the molecule is CC(C)c1cc(C=O)sc1C(=O)O. The number of rotatable bonds is 3. The molecule has 0 aliphatic heterocycles. The fraction of sp³-hybridized carbons (Fsp3) is 0.333. The van der Waals surface area contributed by atoms with E-state index in [9.17, 15) is 9.59 Å². The molecule has 0 aliphatic rings. The monoisotopic (exact) mass is 198 g/mol. The van der Waals surface area contributed by atoms with E-state index in [-0.39, 0.29) is 10.8 Å².